The number of cyclic esters (lactones) is 1. The zero-order valence-corrected chi connectivity index (χ0v) is 44.2. The van der Waals surface area contributed by atoms with Crippen LogP contribution in [0.5, 0.6) is 5.75 Å². The van der Waals surface area contributed by atoms with Gasteiger partial charge in [0.2, 0.25) is 0 Å². The van der Waals surface area contributed by atoms with Crippen molar-refractivity contribution in [3.63, 3.8) is 0 Å². The van der Waals surface area contributed by atoms with Crippen LogP contribution < -0.4 is 15.4 Å². The summed E-state index contributed by atoms with van der Waals surface area (Å²) in [4.78, 5) is 31.9. The molecule has 4 aliphatic rings. The van der Waals surface area contributed by atoms with Crippen LogP contribution in [0.2, 0.25) is 0 Å². The maximum atomic E-state index is 14.7. The molecule has 0 unspecified atom stereocenters. The Bertz CT molecular complexity index is 1780. The van der Waals surface area contributed by atoms with Gasteiger partial charge in [-0.3, -0.25) is 9.59 Å². The highest BCUT2D eigenvalue weighted by Crippen LogP contribution is 2.43. The maximum absolute atomic E-state index is 14.7. The Morgan fingerprint density at radius 2 is 1.59 bits per heavy atom. The van der Waals surface area contributed by atoms with Gasteiger partial charge in [0.05, 0.1) is 42.0 Å². The van der Waals surface area contributed by atoms with Crippen molar-refractivity contribution in [2.24, 2.45) is 17.8 Å². The Morgan fingerprint density at radius 3 is 2.19 bits per heavy atom. The van der Waals surface area contributed by atoms with Crippen molar-refractivity contribution in [2.75, 3.05) is 53.9 Å². The van der Waals surface area contributed by atoms with E-state index in [4.69, 9.17) is 33.2 Å². The van der Waals surface area contributed by atoms with Gasteiger partial charge in [-0.25, -0.2) is 0 Å². The molecule has 4 saturated heterocycles. The van der Waals surface area contributed by atoms with Crippen molar-refractivity contribution in [1.29, 1.82) is 0 Å². The highest BCUT2D eigenvalue weighted by atomic mass is 16.7. The van der Waals surface area contributed by atoms with E-state index in [1.165, 1.54) is 6.92 Å². The van der Waals surface area contributed by atoms with E-state index in [2.05, 4.69) is 15.5 Å². The first-order valence-corrected chi connectivity index (χ1v) is 25.7. The van der Waals surface area contributed by atoms with Crippen LogP contribution in [0.1, 0.15) is 131 Å². The number of ether oxygens (including phenoxy) is 7. The van der Waals surface area contributed by atoms with Crippen LogP contribution in [-0.4, -0.2) is 186 Å². The fourth-order valence-electron chi connectivity index (χ4n) is 11.3. The van der Waals surface area contributed by atoms with Crippen LogP contribution in [0.4, 0.5) is 0 Å². The number of aliphatic hydroxyl groups excluding tert-OH is 1. The average molecular weight is 979 g/mol. The van der Waals surface area contributed by atoms with Gasteiger partial charge in [0, 0.05) is 50.7 Å². The number of likely N-dealkylation sites (tertiary alicyclic amines) is 1. The minimum atomic E-state index is -1.84. The van der Waals surface area contributed by atoms with E-state index in [0.717, 1.165) is 32.4 Å². The molecule has 17 nitrogen and oxygen atoms in total. The Labute approximate surface area is 412 Å². The number of aliphatic hydroxyl groups is 4. The second-order valence-corrected chi connectivity index (χ2v) is 21.8. The molecule has 1 aromatic carbocycles. The zero-order valence-electron chi connectivity index (χ0n) is 44.2. The summed E-state index contributed by atoms with van der Waals surface area (Å²) in [6.45, 7) is 22.6. The van der Waals surface area contributed by atoms with E-state index in [9.17, 15) is 30.0 Å². The first kappa shape index (κ1) is 57.4. The summed E-state index contributed by atoms with van der Waals surface area (Å²) in [5.74, 6) is -2.25. The number of hydrogen-bond acceptors (Lipinski definition) is 16. The van der Waals surface area contributed by atoms with E-state index >= 15 is 0 Å². The summed E-state index contributed by atoms with van der Waals surface area (Å²) in [7, 11) is 5.49. The molecular formula is C52H90N4O13. The van der Waals surface area contributed by atoms with Crippen molar-refractivity contribution < 1.29 is 63.2 Å². The molecule has 6 N–H and O–H groups in total. The molecule has 69 heavy (non-hydrogen) atoms. The lowest BCUT2D eigenvalue weighted by Gasteiger charge is -2.53. The Balaban J connectivity index is 1.58. The highest BCUT2D eigenvalue weighted by Gasteiger charge is 2.58. The van der Waals surface area contributed by atoms with Gasteiger partial charge in [-0.05, 0) is 144 Å². The van der Waals surface area contributed by atoms with Crippen molar-refractivity contribution in [2.45, 2.75) is 211 Å². The van der Waals surface area contributed by atoms with Crippen LogP contribution in [0, 0.1) is 17.8 Å². The van der Waals surface area contributed by atoms with Gasteiger partial charge < -0.3 is 74.0 Å². The number of benzene rings is 1. The minimum absolute atomic E-state index is 0.0120. The normalized spacial score (nSPS) is 42.1. The predicted octanol–water partition coefficient (Wildman–Crippen LogP) is 4.25. The van der Waals surface area contributed by atoms with Crippen molar-refractivity contribution >= 4 is 11.9 Å². The Hall–Kier alpha value is -2.52. The van der Waals surface area contributed by atoms with Crippen molar-refractivity contribution in [3.8, 4) is 5.75 Å². The van der Waals surface area contributed by atoms with Crippen molar-refractivity contribution in [3.05, 3.63) is 29.8 Å². The third kappa shape index (κ3) is 13.2. The predicted molar refractivity (Wildman–Crippen MR) is 262 cm³/mol. The summed E-state index contributed by atoms with van der Waals surface area (Å²) in [6.07, 6.45) is -4.50. The second kappa shape index (κ2) is 24.0. The lowest BCUT2D eigenvalue weighted by atomic mass is 9.75. The SMILES string of the molecule is CCCNC[C@]1(O)[C@H](C)O[C@@H](O[C@H]2[C@H](C)[C@@H](O[C@@H]3O[C@H](C)C[C@H](N(C)C)[C@H]3Oc3ccc(C(=O)N4CCCC4)cc3)[C@](C)(O)C[C@@H](C)CN[C@H](C)[C@@H](O)[C@](C)(O)[C@@H](CC)OC(=O)[C@@H]2C)C[C@@]1(C)OC. The molecule has 4 heterocycles. The number of carbonyl (C=O) groups excluding carboxylic acids is 2. The van der Waals surface area contributed by atoms with Gasteiger partial charge in [-0.2, -0.15) is 0 Å². The van der Waals surface area contributed by atoms with Gasteiger partial charge in [-0.1, -0.05) is 27.7 Å². The second-order valence-electron chi connectivity index (χ2n) is 21.8. The first-order valence-electron chi connectivity index (χ1n) is 25.7. The number of nitrogens with one attached hydrogen (secondary N) is 2. The standard InChI is InChI=1S/C52H90N4O13/c1-15-23-53-30-52(62)36(8)65-41(28-50(52,10)63-14)68-42-33(5)45(49(9,60)27-31(3)29-54-35(7)44(57)51(11,61)40(16-2)67-47(59)34(42)6)69-48-43(39(55(12)13)26-32(4)64-48)66-38-21-19-37(20-22-38)46(58)56-24-17-18-25-56/h19-22,31-36,39-45,48,53-54,57,60-62H,15-18,23-30H2,1-14H3/t31-,32-,33+,34-,35-,36+,39+,40-,41+,42+,43-,44-,45-,48+,49-,50-,51-,52+/m1/s1. The van der Waals surface area contributed by atoms with Crippen LogP contribution in [0.25, 0.3) is 0 Å². The molecule has 0 spiro atoms. The van der Waals surface area contributed by atoms with E-state index in [1.807, 2.05) is 53.6 Å². The topological polar surface area (TPSA) is 210 Å². The van der Waals surface area contributed by atoms with Gasteiger partial charge in [0.1, 0.15) is 34.8 Å². The van der Waals surface area contributed by atoms with Crippen LogP contribution in [-0.2, 0) is 33.2 Å². The number of likely N-dealkylation sites (N-methyl/N-ethyl adjacent to an activating group) is 1. The largest absolute Gasteiger partial charge is 0.483 e. The molecule has 4 fully saturated rings. The Kier molecular flexibility index (Phi) is 20.0. The van der Waals surface area contributed by atoms with Gasteiger partial charge in [-0.15, -0.1) is 0 Å². The monoisotopic (exact) mass is 979 g/mol. The maximum Gasteiger partial charge on any atom is 0.311 e. The van der Waals surface area contributed by atoms with E-state index in [0.29, 0.717) is 30.8 Å². The summed E-state index contributed by atoms with van der Waals surface area (Å²) >= 11 is 0. The molecular weight excluding hydrogens is 889 g/mol. The van der Waals surface area contributed by atoms with E-state index in [1.54, 1.807) is 66.0 Å². The molecule has 17 heteroatoms. The molecule has 4 aliphatic heterocycles. The molecule has 1 amide bonds. The fraction of sp³-hybridized carbons (Fsp3) is 0.846. The van der Waals surface area contributed by atoms with Crippen LogP contribution >= 0.6 is 0 Å². The molecule has 0 aromatic heterocycles. The number of amides is 1. The third-order valence-corrected chi connectivity index (χ3v) is 15.8. The van der Waals surface area contributed by atoms with Gasteiger partial charge in [0.25, 0.3) is 5.91 Å². The average Bonchev–Trinajstić information content (AvgIpc) is 3.85. The summed E-state index contributed by atoms with van der Waals surface area (Å²) in [6, 6.07) is 6.31. The highest BCUT2D eigenvalue weighted by molar-refractivity contribution is 5.94. The Morgan fingerprint density at radius 1 is 0.942 bits per heavy atom. The molecule has 0 bridgehead atoms. The van der Waals surface area contributed by atoms with Gasteiger partial charge >= 0.3 is 5.97 Å². The molecule has 396 valence electrons. The number of esters is 1. The number of nitrogens with zero attached hydrogens (tertiary/aromatic N) is 2. The first-order chi connectivity index (χ1) is 32.3. The van der Waals surface area contributed by atoms with E-state index in [-0.39, 0.29) is 49.8 Å². The lowest BCUT2D eigenvalue weighted by Crippen LogP contribution is -2.70. The summed E-state index contributed by atoms with van der Waals surface area (Å²) < 4.78 is 46.5. The molecule has 5 rings (SSSR count). The molecule has 0 saturated carbocycles. The molecule has 1 aromatic rings. The quantitative estimate of drug-likeness (QED) is 0.114. The fourth-order valence-corrected chi connectivity index (χ4v) is 11.3. The molecule has 0 radical (unpaired) electrons. The van der Waals surface area contributed by atoms with Crippen LogP contribution in [0.15, 0.2) is 24.3 Å². The minimum Gasteiger partial charge on any atom is -0.483 e. The van der Waals surface area contributed by atoms with Crippen LogP contribution in [0.3, 0.4) is 0 Å². The molecule has 0 aliphatic carbocycles. The smallest absolute Gasteiger partial charge is 0.311 e. The van der Waals surface area contributed by atoms with E-state index < -0.39 is 95.5 Å². The molecule has 18 atom stereocenters. The lowest BCUT2D eigenvalue weighted by molar-refractivity contribution is -0.335. The van der Waals surface area contributed by atoms with Crippen molar-refractivity contribution in [1.82, 2.24) is 20.4 Å². The third-order valence-electron chi connectivity index (χ3n) is 15.8. The number of rotatable bonds is 14. The summed E-state index contributed by atoms with van der Waals surface area (Å²) in [5, 5.41) is 55.3. The number of hydrogen-bond donors (Lipinski definition) is 6. The summed E-state index contributed by atoms with van der Waals surface area (Å²) in [5.41, 5.74) is -5.49. The zero-order chi connectivity index (χ0) is 51.2. The number of methoxy groups -OCH3 is 1. The van der Waals surface area contributed by atoms with Gasteiger partial charge in [0.15, 0.2) is 18.7 Å². The number of carbonyl (C=O) groups is 2.